The Kier molecular flexibility index (Phi) is 4.61. The summed E-state index contributed by atoms with van der Waals surface area (Å²) in [5, 5.41) is 10.1. The van der Waals surface area contributed by atoms with Gasteiger partial charge in [0.25, 0.3) is 0 Å². The Balaban J connectivity index is 1.81. The smallest absolute Gasteiger partial charge is 0.308 e. The van der Waals surface area contributed by atoms with Gasteiger partial charge in [-0.15, -0.1) is 0 Å². The number of piperidine rings is 2. The van der Waals surface area contributed by atoms with Gasteiger partial charge in [-0.1, -0.05) is 0 Å². The molecule has 0 amide bonds. The molecule has 2 aliphatic rings. The molecule has 1 aromatic heterocycles. The first-order chi connectivity index (χ1) is 12.6. The molecule has 0 radical (unpaired) electrons. The molecular weight excluding hydrogens is 335 g/mol. The lowest BCUT2D eigenvalue weighted by Crippen LogP contribution is -2.39. The first-order valence-electron chi connectivity index (χ1n) is 9.31. The molecule has 1 aromatic carbocycles. The van der Waals surface area contributed by atoms with Gasteiger partial charge in [-0.3, -0.25) is 4.79 Å². The summed E-state index contributed by atoms with van der Waals surface area (Å²) in [6, 6.07) is 3.29. The molecule has 0 saturated carbocycles. The normalized spacial score (nSPS) is 21.2. The Morgan fingerprint density at radius 3 is 2.62 bits per heavy atom. The van der Waals surface area contributed by atoms with E-state index in [0.29, 0.717) is 29.7 Å². The maximum Gasteiger partial charge on any atom is 0.308 e. The zero-order chi connectivity index (χ0) is 18.1. The van der Waals surface area contributed by atoms with E-state index < -0.39 is 11.9 Å². The van der Waals surface area contributed by atoms with Gasteiger partial charge in [-0.05, 0) is 44.2 Å². The van der Waals surface area contributed by atoms with Gasteiger partial charge in [0.2, 0.25) is 0 Å². The largest absolute Gasteiger partial charge is 0.481 e. The molecule has 138 valence electrons. The number of anilines is 2. The van der Waals surface area contributed by atoms with Crippen LogP contribution >= 0.6 is 0 Å². The fourth-order valence-electron chi connectivity index (χ4n) is 4.12. The van der Waals surface area contributed by atoms with Gasteiger partial charge in [0.15, 0.2) is 0 Å². The molecule has 0 bridgehead atoms. The van der Waals surface area contributed by atoms with Gasteiger partial charge in [0, 0.05) is 26.2 Å². The summed E-state index contributed by atoms with van der Waals surface area (Å²) < 4.78 is 14.5. The lowest BCUT2D eigenvalue weighted by molar-refractivity contribution is -0.141. The number of nitrogens with zero attached hydrogens (tertiary/aromatic N) is 4. The standard InChI is InChI=1S/C19H23FN4O2/c20-14-6-7-15(23-8-2-1-3-9-23)16-17(14)21-12-22-18(16)24-10-4-5-13(11-24)19(25)26/h6-7,12-13H,1-5,8-11H2,(H,25,26). The Hall–Kier alpha value is -2.44. The van der Waals surface area contributed by atoms with Crippen molar-refractivity contribution >= 4 is 28.4 Å². The summed E-state index contributed by atoms with van der Waals surface area (Å²) in [5.41, 5.74) is 1.27. The molecule has 1 atom stereocenters. The molecule has 7 heteroatoms. The molecule has 1 unspecified atom stereocenters. The van der Waals surface area contributed by atoms with Crippen molar-refractivity contribution in [2.45, 2.75) is 32.1 Å². The number of halogens is 1. The average Bonchev–Trinajstić information content (AvgIpc) is 2.69. The van der Waals surface area contributed by atoms with Crippen LogP contribution in [0.3, 0.4) is 0 Å². The average molecular weight is 358 g/mol. The van der Waals surface area contributed by atoms with Crippen LogP contribution in [0.5, 0.6) is 0 Å². The predicted octanol–water partition coefficient (Wildman–Crippen LogP) is 3.06. The van der Waals surface area contributed by atoms with Gasteiger partial charge < -0.3 is 14.9 Å². The maximum atomic E-state index is 14.5. The topological polar surface area (TPSA) is 69.6 Å². The van der Waals surface area contributed by atoms with Crippen molar-refractivity contribution in [2.24, 2.45) is 5.92 Å². The molecule has 2 aromatic rings. The van der Waals surface area contributed by atoms with Crippen LogP contribution in [0.15, 0.2) is 18.5 Å². The second-order valence-corrected chi connectivity index (χ2v) is 7.16. The number of carboxylic acid groups (broad SMARTS) is 1. The Morgan fingerprint density at radius 1 is 1.08 bits per heavy atom. The number of hydrogen-bond donors (Lipinski definition) is 1. The minimum atomic E-state index is -0.782. The van der Waals surface area contributed by atoms with Crippen molar-refractivity contribution < 1.29 is 14.3 Å². The van der Waals surface area contributed by atoms with Crippen molar-refractivity contribution in [3.05, 3.63) is 24.3 Å². The van der Waals surface area contributed by atoms with E-state index in [2.05, 4.69) is 14.9 Å². The summed E-state index contributed by atoms with van der Waals surface area (Å²) in [7, 11) is 0. The van der Waals surface area contributed by atoms with Crippen molar-refractivity contribution in [2.75, 3.05) is 36.0 Å². The number of carboxylic acids is 1. The second-order valence-electron chi connectivity index (χ2n) is 7.16. The molecule has 2 saturated heterocycles. The number of benzene rings is 1. The Labute approximate surface area is 151 Å². The summed E-state index contributed by atoms with van der Waals surface area (Å²) in [6.45, 7) is 3.00. The molecule has 1 N–H and O–H groups in total. The molecule has 0 aliphatic carbocycles. The van der Waals surface area contributed by atoms with Gasteiger partial charge in [0.1, 0.15) is 23.5 Å². The molecule has 0 spiro atoms. The summed E-state index contributed by atoms with van der Waals surface area (Å²) >= 11 is 0. The van der Waals surface area contributed by atoms with E-state index in [4.69, 9.17) is 0 Å². The maximum absolute atomic E-state index is 14.5. The third-order valence-corrected chi connectivity index (χ3v) is 5.46. The van der Waals surface area contributed by atoms with E-state index >= 15 is 0 Å². The summed E-state index contributed by atoms with van der Waals surface area (Å²) in [4.78, 5) is 24.3. The highest BCUT2D eigenvalue weighted by atomic mass is 19.1. The number of aromatic nitrogens is 2. The van der Waals surface area contributed by atoms with Gasteiger partial charge >= 0.3 is 5.97 Å². The van der Waals surface area contributed by atoms with Crippen LogP contribution in [-0.4, -0.2) is 47.2 Å². The molecule has 2 aliphatic heterocycles. The van der Waals surface area contributed by atoms with Crippen molar-refractivity contribution in [3.8, 4) is 0 Å². The first-order valence-corrected chi connectivity index (χ1v) is 9.31. The van der Waals surface area contributed by atoms with E-state index in [-0.39, 0.29) is 5.82 Å². The van der Waals surface area contributed by atoms with Crippen LogP contribution in [-0.2, 0) is 4.79 Å². The quantitative estimate of drug-likeness (QED) is 0.909. The van der Waals surface area contributed by atoms with E-state index in [9.17, 15) is 14.3 Å². The lowest BCUT2D eigenvalue weighted by Gasteiger charge is -2.34. The highest BCUT2D eigenvalue weighted by Gasteiger charge is 2.29. The van der Waals surface area contributed by atoms with Gasteiger partial charge in [-0.25, -0.2) is 14.4 Å². The van der Waals surface area contributed by atoms with E-state index in [1.54, 1.807) is 0 Å². The van der Waals surface area contributed by atoms with E-state index in [1.165, 1.54) is 18.8 Å². The van der Waals surface area contributed by atoms with E-state index in [1.807, 2.05) is 11.0 Å². The zero-order valence-corrected chi connectivity index (χ0v) is 14.7. The number of aliphatic carboxylic acids is 1. The predicted molar refractivity (Wildman–Crippen MR) is 98.1 cm³/mol. The minimum Gasteiger partial charge on any atom is -0.481 e. The van der Waals surface area contributed by atoms with Crippen LogP contribution in [0.1, 0.15) is 32.1 Å². The van der Waals surface area contributed by atoms with Crippen LogP contribution in [0.4, 0.5) is 15.9 Å². The highest BCUT2D eigenvalue weighted by Crippen LogP contribution is 2.36. The minimum absolute atomic E-state index is 0.315. The highest BCUT2D eigenvalue weighted by molar-refractivity contribution is 6.00. The fraction of sp³-hybridized carbons (Fsp3) is 0.526. The number of fused-ring (bicyclic) bond motifs is 1. The van der Waals surface area contributed by atoms with Crippen LogP contribution < -0.4 is 9.80 Å². The molecule has 2 fully saturated rings. The van der Waals surface area contributed by atoms with Crippen LogP contribution in [0.25, 0.3) is 10.9 Å². The third kappa shape index (κ3) is 3.06. The van der Waals surface area contributed by atoms with Crippen molar-refractivity contribution in [3.63, 3.8) is 0 Å². The fourth-order valence-corrected chi connectivity index (χ4v) is 4.12. The zero-order valence-electron chi connectivity index (χ0n) is 14.7. The first kappa shape index (κ1) is 17.0. The Morgan fingerprint density at radius 2 is 1.85 bits per heavy atom. The van der Waals surface area contributed by atoms with E-state index in [0.717, 1.165) is 44.6 Å². The second kappa shape index (κ2) is 7.05. The SMILES string of the molecule is O=C(O)C1CCCN(c2ncnc3c(F)ccc(N4CCCCC4)c23)C1. The molecule has 4 rings (SSSR count). The Bertz CT molecular complexity index is 823. The summed E-state index contributed by atoms with van der Waals surface area (Å²) in [6.07, 6.45) is 6.29. The van der Waals surface area contributed by atoms with Crippen LogP contribution in [0.2, 0.25) is 0 Å². The van der Waals surface area contributed by atoms with Gasteiger partial charge in [0.05, 0.1) is 17.0 Å². The monoisotopic (exact) mass is 358 g/mol. The molecule has 3 heterocycles. The van der Waals surface area contributed by atoms with Crippen molar-refractivity contribution in [1.82, 2.24) is 9.97 Å². The molecular formula is C19H23FN4O2. The third-order valence-electron chi connectivity index (χ3n) is 5.46. The molecule has 6 nitrogen and oxygen atoms in total. The number of rotatable bonds is 3. The lowest BCUT2D eigenvalue weighted by atomic mass is 9.98. The van der Waals surface area contributed by atoms with Gasteiger partial charge in [-0.2, -0.15) is 0 Å². The number of hydrogen-bond acceptors (Lipinski definition) is 5. The summed E-state index contributed by atoms with van der Waals surface area (Å²) in [5.74, 6) is -0.909. The molecule has 26 heavy (non-hydrogen) atoms. The van der Waals surface area contributed by atoms with Crippen molar-refractivity contribution in [1.29, 1.82) is 0 Å². The van der Waals surface area contributed by atoms with Crippen LogP contribution in [0, 0.1) is 11.7 Å². The number of carbonyl (C=O) groups is 1.